The molecule has 4 rings (SSSR count). The van der Waals surface area contributed by atoms with Gasteiger partial charge in [0, 0.05) is 43.1 Å². The van der Waals surface area contributed by atoms with Crippen molar-refractivity contribution in [3.8, 4) is 5.75 Å². The molecule has 3 aromatic carbocycles. The molecule has 1 saturated heterocycles. The van der Waals surface area contributed by atoms with Crippen molar-refractivity contribution in [2.24, 2.45) is 0 Å². The lowest BCUT2D eigenvalue weighted by molar-refractivity contribution is 0.0977. The Balaban J connectivity index is 1.34. The molecule has 3 aromatic rings. The van der Waals surface area contributed by atoms with Crippen LogP contribution in [0, 0.1) is 29.1 Å². The largest absolute Gasteiger partial charge is 0.495 e. The normalized spacial score (nSPS) is 13.3. The summed E-state index contributed by atoms with van der Waals surface area (Å²) in [7, 11) is 1.46. The first kappa shape index (κ1) is 27.4. The molecule has 200 valence electrons. The van der Waals surface area contributed by atoms with Crippen LogP contribution in [0.15, 0.2) is 42.5 Å². The van der Waals surface area contributed by atoms with E-state index in [0.29, 0.717) is 17.0 Å². The zero-order valence-corrected chi connectivity index (χ0v) is 21.3. The Kier molecular flexibility index (Phi) is 8.22. The van der Waals surface area contributed by atoms with E-state index in [0.717, 1.165) is 10.6 Å². The number of amides is 1. The molecule has 1 amide bonds. The van der Waals surface area contributed by atoms with E-state index in [9.17, 15) is 26.7 Å². The van der Waals surface area contributed by atoms with Crippen molar-refractivity contribution in [1.29, 1.82) is 0 Å². The van der Waals surface area contributed by atoms with Crippen LogP contribution in [-0.4, -0.2) is 44.3 Å². The molecule has 0 radical (unpaired) electrons. The van der Waals surface area contributed by atoms with Crippen LogP contribution >= 0.6 is 23.8 Å². The molecule has 0 aromatic heterocycles. The van der Waals surface area contributed by atoms with Crippen molar-refractivity contribution < 1.29 is 31.5 Å². The van der Waals surface area contributed by atoms with Gasteiger partial charge in [-0.1, -0.05) is 11.6 Å². The molecule has 38 heavy (non-hydrogen) atoms. The predicted molar refractivity (Wildman–Crippen MR) is 139 cm³/mol. The van der Waals surface area contributed by atoms with E-state index in [1.165, 1.54) is 13.2 Å². The van der Waals surface area contributed by atoms with Gasteiger partial charge in [-0.2, -0.15) is 0 Å². The number of anilines is 3. The van der Waals surface area contributed by atoms with Gasteiger partial charge < -0.3 is 19.9 Å². The van der Waals surface area contributed by atoms with Crippen molar-refractivity contribution in [2.75, 3.05) is 48.4 Å². The van der Waals surface area contributed by atoms with Crippen molar-refractivity contribution in [1.82, 2.24) is 5.32 Å². The molecule has 0 atom stereocenters. The number of methoxy groups -OCH3 is 1. The third-order valence-electron chi connectivity index (χ3n) is 5.91. The standard InChI is InChI=1S/C25H20ClF5N4O2S/c1-37-17-7-2-13(12-16(17)26)24(36)33-25(38)32-14-3-5-15(6-4-14)34-8-10-35(11-9-34)23-21(30)19(28)18(27)20(29)22(23)31/h2-7,12H,8-11H2,1H3,(H2,32,33,36,38). The average molecular weight is 571 g/mol. The molecular weight excluding hydrogens is 551 g/mol. The van der Waals surface area contributed by atoms with Crippen molar-refractivity contribution in [2.45, 2.75) is 0 Å². The van der Waals surface area contributed by atoms with Crippen LogP contribution in [0.4, 0.5) is 39.0 Å². The molecule has 1 fully saturated rings. The summed E-state index contributed by atoms with van der Waals surface area (Å²) in [5, 5.41) is 5.79. The monoisotopic (exact) mass is 570 g/mol. The van der Waals surface area contributed by atoms with Crippen LogP contribution < -0.4 is 25.2 Å². The molecule has 0 saturated carbocycles. The second-order valence-corrected chi connectivity index (χ2v) is 9.01. The van der Waals surface area contributed by atoms with E-state index < -0.39 is 40.7 Å². The lowest BCUT2D eigenvalue weighted by atomic mass is 10.2. The third-order valence-corrected chi connectivity index (χ3v) is 6.41. The summed E-state index contributed by atoms with van der Waals surface area (Å²) >= 11 is 11.3. The van der Waals surface area contributed by atoms with Gasteiger partial charge in [0.2, 0.25) is 5.82 Å². The molecule has 0 unspecified atom stereocenters. The number of piperazine rings is 1. The fourth-order valence-corrected chi connectivity index (χ4v) is 4.43. The number of nitrogens with zero attached hydrogens (tertiary/aromatic N) is 2. The molecule has 1 aliphatic rings. The second-order valence-electron chi connectivity index (χ2n) is 8.20. The fraction of sp³-hybridized carbons (Fsp3) is 0.200. The minimum absolute atomic E-state index is 0.0455. The van der Waals surface area contributed by atoms with Gasteiger partial charge in [-0.3, -0.25) is 10.1 Å². The molecule has 0 spiro atoms. The van der Waals surface area contributed by atoms with Crippen LogP contribution in [0.1, 0.15) is 10.4 Å². The summed E-state index contributed by atoms with van der Waals surface area (Å²) < 4.78 is 73.9. The van der Waals surface area contributed by atoms with Gasteiger partial charge >= 0.3 is 0 Å². The van der Waals surface area contributed by atoms with E-state index in [2.05, 4.69) is 10.6 Å². The number of hydrogen-bond acceptors (Lipinski definition) is 5. The Bertz CT molecular complexity index is 1360. The average Bonchev–Trinajstić information content (AvgIpc) is 2.91. The molecule has 0 bridgehead atoms. The fourth-order valence-electron chi connectivity index (χ4n) is 3.96. The van der Waals surface area contributed by atoms with Crippen molar-refractivity contribution in [3.05, 3.63) is 82.1 Å². The summed E-state index contributed by atoms with van der Waals surface area (Å²) in [6.07, 6.45) is 0. The maximum absolute atomic E-state index is 14.1. The minimum atomic E-state index is -2.18. The molecule has 0 aliphatic carbocycles. The molecule has 2 N–H and O–H groups in total. The van der Waals surface area contributed by atoms with Gasteiger partial charge in [0.05, 0.1) is 12.1 Å². The molecule has 6 nitrogen and oxygen atoms in total. The Morgan fingerprint density at radius 3 is 1.97 bits per heavy atom. The number of ether oxygens (including phenoxy) is 1. The summed E-state index contributed by atoms with van der Waals surface area (Å²) in [4.78, 5) is 15.5. The van der Waals surface area contributed by atoms with Crippen LogP contribution in [0.2, 0.25) is 5.02 Å². The Labute approximate surface area is 224 Å². The van der Waals surface area contributed by atoms with Gasteiger partial charge in [-0.05, 0) is 54.7 Å². The van der Waals surface area contributed by atoms with Crippen LogP contribution in [0.5, 0.6) is 5.75 Å². The number of carbonyl (C=O) groups is 1. The summed E-state index contributed by atoms with van der Waals surface area (Å²) in [6, 6.07) is 11.5. The van der Waals surface area contributed by atoms with E-state index in [1.54, 1.807) is 36.4 Å². The topological polar surface area (TPSA) is 56.8 Å². The van der Waals surface area contributed by atoms with Gasteiger partial charge in [0.25, 0.3) is 5.91 Å². The molecule has 1 aliphatic heterocycles. The highest BCUT2D eigenvalue weighted by Gasteiger charge is 2.30. The van der Waals surface area contributed by atoms with Gasteiger partial charge in [0.15, 0.2) is 28.4 Å². The lowest BCUT2D eigenvalue weighted by Gasteiger charge is -2.37. The number of nitrogens with one attached hydrogen (secondary N) is 2. The van der Waals surface area contributed by atoms with Gasteiger partial charge in [-0.15, -0.1) is 0 Å². The zero-order chi connectivity index (χ0) is 27.6. The lowest BCUT2D eigenvalue weighted by Crippen LogP contribution is -2.47. The van der Waals surface area contributed by atoms with Crippen LogP contribution in [0.25, 0.3) is 0 Å². The minimum Gasteiger partial charge on any atom is -0.495 e. The smallest absolute Gasteiger partial charge is 0.257 e. The molecule has 13 heteroatoms. The number of benzene rings is 3. The Morgan fingerprint density at radius 2 is 1.42 bits per heavy atom. The zero-order valence-electron chi connectivity index (χ0n) is 19.8. The highest BCUT2D eigenvalue weighted by molar-refractivity contribution is 7.80. The Hall–Kier alpha value is -3.64. The second kappa shape index (κ2) is 11.4. The first-order valence-electron chi connectivity index (χ1n) is 11.2. The Morgan fingerprint density at radius 1 is 0.868 bits per heavy atom. The quantitative estimate of drug-likeness (QED) is 0.183. The molecule has 1 heterocycles. The van der Waals surface area contributed by atoms with Crippen molar-refractivity contribution in [3.63, 3.8) is 0 Å². The highest BCUT2D eigenvalue weighted by atomic mass is 35.5. The third kappa shape index (κ3) is 5.60. The highest BCUT2D eigenvalue weighted by Crippen LogP contribution is 2.31. The summed E-state index contributed by atoms with van der Waals surface area (Å²) in [5.41, 5.74) is 0.732. The van der Waals surface area contributed by atoms with E-state index in [1.807, 2.05) is 4.90 Å². The number of thiocarbonyl (C=S) groups is 1. The maximum atomic E-state index is 14.1. The maximum Gasteiger partial charge on any atom is 0.257 e. The van der Waals surface area contributed by atoms with E-state index >= 15 is 0 Å². The van der Waals surface area contributed by atoms with E-state index in [4.69, 9.17) is 28.6 Å². The first-order chi connectivity index (χ1) is 18.1. The SMILES string of the molecule is COc1ccc(C(=O)NC(=S)Nc2ccc(N3CCN(c4c(F)c(F)c(F)c(F)c4F)CC3)cc2)cc1Cl. The summed E-state index contributed by atoms with van der Waals surface area (Å²) in [5.74, 6) is -9.83. The van der Waals surface area contributed by atoms with Crippen LogP contribution in [-0.2, 0) is 0 Å². The van der Waals surface area contributed by atoms with Crippen LogP contribution in [0.3, 0.4) is 0 Å². The number of rotatable bonds is 5. The summed E-state index contributed by atoms with van der Waals surface area (Å²) in [6.45, 7) is 0.657. The predicted octanol–water partition coefficient (Wildman–Crippen LogP) is 5.50. The van der Waals surface area contributed by atoms with Gasteiger partial charge in [-0.25, -0.2) is 22.0 Å². The van der Waals surface area contributed by atoms with Crippen molar-refractivity contribution >= 4 is 51.9 Å². The first-order valence-corrected chi connectivity index (χ1v) is 12.0. The van der Waals surface area contributed by atoms with Gasteiger partial charge in [0.1, 0.15) is 11.4 Å². The number of halogens is 6. The number of hydrogen-bond donors (Lipinski definition) is 2. The number of carbonyl (C=O) groups excluding carboxylic acids is 1. The molecular formula is C25H20ClF5N4O2S. The van der Waals surface area contributed by atoms with E-state index in [-0.39, 0.29) is 36.3 Å².